The molecule has 1 aromatic rings. The first-order valence-corrected chi connectivity index (χ1v) is 10.8. The summed E-state index contributed by atoms with van der Waals surface area (Å²) in [7, 11) is 0. The SMILES string of the molecule is CC(=O)N1CCC(CC(=O)N2CCC(C)CC2)(N2Cc3ccccc3C2=O)CC1. The van der Waals surface area contributed by atoms with E-state index in [9.17, 15) is 14.4 Å². The largest absolute Gasteiger partial charge is 0.343 e. The van der Waals surface area contributed by atoms with Gasteiger partial charge in [0.2, 0.25) is 11.8 Å². The normalized spacial score (nSPS) is 22.0. The number of piperidine rings is 2. The molecule has 0 aliphatic carbocycles. The van der Waals surface area contributed by atoms with E-state index in [1.807, 2.05) is 39.0 Å². The van der Waals surface area contributed by atoms with E-state index in [1.165, 1.54) is 0 Å². The van der Waals surface area contributed by atoms with Gasteiger partial charge in [-0.2, -0.15) is 0 Å². The fourth-order valence-electron chi connectivity index (χ4n) is 5.07. The topological polar surface area (TPSA) is 60.9 Å². The van der Waals surface area contributed by atoms with Gasteiger partial charge in [0.1, 0.15) is 0 Å². The molecule has 3 aliphatic heterocycles. The molecule has 3 amide bonds. The zero-order valence-corrected chi connectivity index (χ0v) is 17.5. The van der Waals surface area contributed by atoms with Gasteiger partial charge in [-0.3, -0.25) is 14.4 Å². The lowest BCUT2D eigenvalue weighted by Gasteiger charge is -2.48. The van der Waals surface area contributed by atoms with Gasteiger partial charge in [0, 0.05) is 45.2 Å². The number of hydrogen-bond acceptors (Lipinski definition) is 3. The number of fused-ring (bicyclic) bond motifs is 1. The molecular formula is C23H31N3O3. The van der Waals surface area contributed by atoms with Gasteiger partial charge in [-0.25, -0.2) is 0 Å². The molecule has 0 atom stereocenters. The summed E-state index contributed by atoms with van der Waals surface area (Å²) < 4.78 is 0. The van der Waals surface area contributed by atoms with Crippen LogP contribution in [0.1, 0.15) is 61.9 Å². The zero-order valence-electron chi connectivity index (χ0n) is 17.5. The van der Waals surface area contributed by atoms with E-state index in [1.54, 1.807) is 6.92 Å². The maximum absolute atomic E-state index is 13.2. The Morgan fingerprint density at radius 1 is 1.03 bits per heavy atom. The minimum absolute atomic E-state index is 0.0249. The summed E-state index contributed by atoms with van der Waals surface area (Å²) in [5, 5.41) is 0. The molecule has 6 nitrogen and oxygen atoms in total. The Morgan fingerprint density at radius 2 is 1.69 bits per heavy atom. The third-order valence-electron chi connectivity index (χ3n) is 7.15. The summed E-state index contributed by atoms with van der Waals surface area (Å²) in [6.45, 7) is 7.19. The van der Waals surface area contributed by atoms with Crippen molar-refractivity contribution < 1.29 is 14.4 Å². The Bertz CT molecular complexity index is 805. The van der Waals surface area contributed by atoms with Gasteiger partial charge in [0.25, 0.3) is 5.91 Å². The standard InChI is InChI=1S/C23H31N3O3/c1-17-7-11-25(12-8-17)21(28)15-23(9-13-24(14-10-23)18(2)27)26-16-19-5-3-4-6-20(19)22(26)29/h3-6,17H,7-16H2,1-2H3. The van der Waals surface area contributed by atoms with Crippen molar-refractivity contribution in [1.29, 1.82) is 0 Å². The molecule has 0 unspecified atom stereocenters. The van der Waals surface area contributed by atoms with E-state index in [-0.39, 0.29) is 17.7 Å². The quantitative estimate of drug-likeness (QED) is 0.788. The van der Waals surface area contributed by atoms with Gasteiger partial charge in [-0.15, -0.1) is 0 Å². The Morgan fingerprint density at radius 3 is 2.31 bits per heavy atom. The van der Waals surface area contributed by atoms with E-state index < -0.39 is 5.54 Å². The molecule has 1 aromatic carbocycles. The molecule has 6 heteroatoms. The lowest BCUT2D eigenvalue weighted by molar-refractivity contribution is -0.137. The number of rotatable bonds is 3. The summed E-state index contributed by atoms with van der Waals surface area (Å²) in [5.74, 6) is 0.904. The summed E-state index contributed by atoms with van der Waals surface area (Å²) in [4.78, 5) is 44.1. The molecule has 2 fully saturated rings. The summed E-state index contributed by atoms with van der Waals surface area (Å²) in [6, 6.07) is 7.73. The molecule has 0 spiro atoms. The Kier molecular flexibility index (Phi) is 5.36. The highest BCUT2D eigenvalue weighted by Crippen LogP contribution is 2.39. The van der Waals surface area contributed by atoms with Crippen LogP contribution in [0.4, 0.5) is 0 Å². The first-order valence-electron chi connectivity index (χ1n) is 10.8. The monoisotopic (exact) mass is 397 g/mol. The van der Waals surface area contributed by atoms with Crippen molar-refractivity contribution in [2.24, 2.45) is 5.92 Å². The minimum Gasteiger partial charge on any atom is -0.343 e. The molecule has 4 rings (SSSR count). The van der Waals surface area contributed by atoms with Crippen molar-refractivity contribution in [1.82, 2.24) is 14.7 Å². The maximum atomic E-state index is 13.2. The molecule has 3 heterocycles. The average molecular weight is 398 g/mol. The highest BCUT2D eigenvalue weighted by atomic mass is 16.2. The second-order valence-electron chi connectivity index (χ2n) is 9.02. The van der Waals surface area contributed by atoms with Crippen molar-refractivity contribution in [2.45, 2.75) is 58.0 Å². The number of carbonyl (C=O) groups is 3. The molecule has 0 aromatic heterocycles. The predicted octanol–water partition coefficient (Wildman–Crippen LogP) is 2.67. The maximum Gasteiger partial charge on any atom is 0.254 e. The number of benzene rings is 1. The molecule has 0 radical (unpaired) electrons. The first-order chi connectivity index (χ1) is 13.9. The van der Waals surface area contributed by atoms with Crippen molar-refractivity contribution >= 4 is 17.7 Å². The number of nitrogens with zero attached hydrogens (tertiary/aromatic N) is 3. The molecule has 3 aliphatic rings. The molecule has 29 heavy (non-hydrogen) atoms. The van der Waals surface area contributed by atoms with Crippen LogP contribution in [0.3, 0.4) is 0 Å². The summed E-state index contributed by atoms with van der Waals surface area (Å²) >= 11 is 0. The van der Waals surface area contributed by atoms with E-state index in [0.29, 0.717) is 44.8 Å². The van der Waals surface area contributed by atoms with E-state index in [0.717, 1.165) is 37.1 Å². The molecule has 0 saturated carbocycles. The lowest BCUT2D eigenvalue weighted by Crippen LogP contribution is -2.58. The number of carbonyl (C=O) groups excluding carboxylic acids is 3. The first kappa shape index (κ1) is 19.9. The summed E-state index contributed by atoms with van der Waals surface area (Å²) in [5.41, 5.74) is 1.27. The fourth-order valence-corrected chi connectivity index (χ4v) is 5.07. The van der Waals surface area contributed by atoms with Crippen LogP contribution in [0, 0.1) is 5.92 Å². The van der Waals surface area contributed by atoms with Gasteiger partial charge in [0.05, 0.1) is 12.0 Å². The van der Waals surface area contributed by atoms with Gasteiger partial charge in [-0.05, 0) is 43.2 Å². The van der Waals surface area contributed by atoms with Crippen LogP contribution in [0.25, 0.3) is 0 Å². The predicted molar refractivity (Wildman–Crippen MR) is 110 cm³/mol. The second kappa shape index (κ2) is 7.81. The van der Waals surface area contributed by atoms with Crippen molar-refractivity contribution in [3.8, 4) is 0 Å². The van der Waals surface area contributed by atoms with E-state index in [4.69, 9.17) is 0 Å². The number of amides is 3. The van der Waals surface area contributed by atoms with Crippen LogP contribution in [0.2, 0.25) is 0 Å². The lowest BCUT2D eigenvalue weighted by atomic mass is 9.81. The molecular weight excluding hydrogens is 366 g/mol. The van der Waals surface area contributed by atoms with Gasteiger partial charge >= 0.3 is 0 Å². The highest BCUT2D eigenvalue weighted by Gasteiger charge is 2.47. The zero-order chi connectivity index (χ0) is 20.6. The second-order valence-corrected chi connectivity index (χ2v) is 9.02. The third-order valence-corrected chi connectivity index (χ3v) is 7.15. The van der Waals surface area contributed by atoms with Crippen LogP contribution < -0.4 is 0 Å². The van der Waals surface area contributed by atoms with Crippen LogP contribution in [0.15, 0.2) is 24.3 Å². The molecule has 0 N–H and O–H groups in total. The van der Waals surface area contributed by atoms with E-state index >= 15 is 0 Å². The van der Waals surface area contributed by atoms with Crippen LogP contribution in [-0.4, -0.2) is 64.1 Å². The average Bonchev–Trinajstić information content (AvgIpc) is 3.06. The number of likely N-dealkylation sites (tertiary alicyclic amines) is 2. The van der Waals surface area contributed by atoms with Crippen LogP contribution in [0.5, 0.6) is 0 Å². The fraction of sp³-hybridized carbons (Fsp3) is 0.609. The number of hydrogen-bond donors (Lipinski definition) is 0. The Balaban J connectivity index is 1.57. The molecule has 156 valence electrons. The van der Waals surface area contributed by atoms with Gasteiger partial charge in [-0.1, -0.05) is 25.1 Å². The Labute approximate surface area is 172 Å². The van der Waals surface area contributed by atoms with Crippen molar-refractivity contribution in [3.63, 3.8) is 0 Å². The molecule has 2 saturated heterocycles. The van der Waals surface area contributed by atoms with Gasteiger partial charge in [0.15, 0.2) is 0 Å². The minimum atomic E-state index is -0.512. The summed E-state index contributed by atoms with van der Waals surface area (Å²) in [6.07, 6.45) is 3.76. The third kappa shape index (κ3) is 3.77. The smallest absolute Gasteiger partial charge is 0.254 e. The molecule has 0 bridgehead atoms. The van der Waals surface area contributed by atoms with Crippen LogP contribution >= 0.6 is 0 Å². The Hall–Kier alpha value is -2.37. The van der Waals surface area contributed by atoms with Crippen molar-refractivity contribution in [3.05, 3.63) is 35.4 Å². The highest BCUT2D eigenvalue weighted by molar-refractivity contribution is 5.99. The van der Waals surface area contributed by atoms with Crippen molar-refractivity contribution in [2.75, 3.05) is 26.2 Å². The van der Waals surface area contributed by atoms with Crippen LogP contribution in [-0.2, 0) is 16.1 Å². The van der Waals surface area contributed by atoms with E-state index in [2.05, 4.69) is 6.92 Å². The van der Waals surface area contributed by atoms with Gasteiger partial charge < -0.3 is 14.7 Å².